The van der Waals surface area contributed by atoms with Crippen LogP contribution >= 0.6 is 0 Å². The minimum Gasteiger partial charge on any atom is -0.481 e. The third-order valence-corrected chi connectivity index (χ3v) is 1.94. The van der Waals surface area contributed by atoms with Gasteiger partial charge in [0.05, 0.1) is 25.6 Å². The van der Waals surface area contributed by atoms with E-state index in [1.165, 1.54) is 19.5 Å². The van der Waals surface area contributed by atoms with Crippen LogP contribution in [0, 0.1) is 11.3 Å². The minimum absolute atomic E-state index is 0.104. The Kier molecular flexibility index (Phi) is 5.19. The van der Waals surface area contributed by atoms with Crippen LogP contribution in [0.25, 0.3) is 0 Å². The SMILES string of the molecule is CCOC(=O)/C(C#N)=C/Nc1ccc(OC)nc1. The molecule has 0 atom stereocenters. The van der Waals surface area contributed by atoms with Crippen LogP contribution < -0.4 is 10.1 Å². The van der Waals surface area contributed by atoms with Crippen molar-refractivity contribution in [2.24, 2.45) is 0 Å². The van der Waals surface area contributed by atoms with Gasteiger partial charge in [0.25, 0.3) is 0 Å². The summed E-state index contributed by atoms with van der Waals surface area (Å²) in [5.74, 6) is -0.176. The summed E-state index contributed by atoms with van der Waals surface area (Å²) in [7, 11) is 1.52. The van der Waals surface area contributed by atoms with E-state index in [1.807, 2.05) is 0 Å². The Morgan fingerprint density at radius 2 is 2.39 bits per heavy atom. The van der Waals surface area contributed by atoms with Gasteiger partial charge in [0, 0.05) is 12.3 Å². The second kappa shape index (κ2) is 6.91. The number of ether oxygens (including phenoxy) is 2. The highest BCUT2D eigenvalue weighted by atomic mass is 16.5. The van der Waals surface area contributed by atoms with Crippen molar-refractivity contribution in [1.29, 1.82) is 5.26 Å². The van der Waals surface area contributed by atoms with E-state index in [0.717, 1.165) is 0 Å². The summed E-state index contributed by atoms with van der Waals surface area (Å²) in [5.41, 5.74) is 0.528. The van der Waals surface area contributed by atoms with Gasteiger partial charge in [-0.15, -0.1) is 0 Å². The zero-order valence-corrected chi connectivity index (χ0v) is 10.1. The van der Waals surface area contributed by atoms with E-state index < -0.39 is 5.97 Å². The Hall–Kier alpha value is -2.55. The van der Waals surface area contributed by atoms with Gasteiger partial charge in [0.1, 0.15) is 6.07 Å². The third kappa shape index (κ3) is 3.79. The largest absolute Gasteiger partial charge is 0.481 e. The number of hydrogen-bond donors (Lipinski definition) is 1. The summed E-state index contributed by atoms with van der Waals surface area (Å²) in [5, 5.41) is 11.6. The normalized spacial score (nSPS) is 10.4. The summed E-state index contributed by atoms with van der Waals surface area (Å²) < 4.78 is 9.62. The average molecular weight is 247 g/mol. The Bertz CT molecular complexity index is 474. The number of anilines is 1. The molecular formula is C12H13N3O3. The lowest BCUT2D eigenvalue weighted by Crippen LogP contribution is -2.07. The quantitative estimate of drug-likeness (QED) is 0.482. The molecule has 1 aromatic rings. The topological polar surface area (TPSA) is 84.2 Å². The molecule has 18 heavy (non-hydrogen) atoms. The first kappa shape index (κ1) is 13.5. The van der Waals surface area contributed by atoms with E-state index in [1.54, 1.807) is 25.1 Å². The van der Waals surface area contributed by atoms with Crippen molar-refractivity contribution in [1.82, 2.24) is 4.98 Å². The number of hydrogen-bond acceptors (Lipinski definition) is 6. The maximum atomic E-state index is 11.3. The van der Waals surface area contributed by atoms with Gasteiger partial charge in [-0.2, -0.15) is 5.26 Å². The van der Waals surface area contributed by atoms with Crippen molar-refractivity contribution in [3.63, 3.8) is 0 Å². The van der Waals surface area contributed by atoms with Gasteiger partial charge in [-0.25, -0.2) is 9.78 Å². The average Bonchev–Trinajstić information content (AvgIpc) is 2.40. The predicted molar refractivity (Wildman–Crippen MR) is 64.7 cm³/mol. The van der Waals surface area contributed by atoms with E-state index in [0.29, 0.717) is 11.6 Å². The fourth-order valence-corrected chi connectivity index (χ4v) is 1.09. The van der Waals surface area contributed by atoms with Gasteiger partial charge in [-0.1, -0.05) is 0 Å². The van der Waals surface area contributed by atoms with Gasteiger partial charge < -0.3 is 14.8 Å². The van der Waals surface area contributed by atoms with Crippen LogP contribution in [0.5, 0.6) is 5.88 Å². The van der Waals surface area contributed by atoms with E-state index in [4.69, 9.17) is 14.7 Å². The number of aromatic nitrogens is 1. The van der Waals surface area contributed by atoms with Crippen LogP contribution in [0.15, 0.2) is 30.1 Å². The zero-order valence-electron chi connectivity index (χ0n) is 10.1. The van der Waals surface area contributed by atoms with Crippen LogP contribution in [0.2, 0.25) is 0 Å². The fraction of sp³-hybridized carbons (Fsp3) is 0.250. The Labute approximate surface area is 105 Å². The summed E-state index contributed by atoms with van der Waals surface area (Å²) in [6, 6.07) is 5.13. The molecule has 0 spiro atoms. The Balaban J connectivity index is 2.71. The molecule has 1 rings (SSSR count). The molecule has 1 aromatic heterocycles. The molecule has 0 aliphatic carbocycles. The Morgan fingerprint density at radius 3 is 2.89 bits per heavy atom. The molecule has 0 radical (unpaired) electrons. The molecule has 0 saturated carbocycles. The van der Waals surface area contributed by atoms with Crippen molar-refractivity contribution in [2.45, 2.75) is 6.92 Å². The highest BCUT2D eigenvalue weighted by Crippen LogP contribution is 2.11. The van der Waals surface area contributed by atoms with Gasteiger partial charge >= 0.3 is 5.97 Å². The number of esters is 1. The van der Waals surface area contributed by atoms with Crippen molar-refractivity contribution < 1.29 is 14.3 Å². The first-order valence-corrected chi connectivity index (χ1v) is 5.25. The lowest BCUT2D eigenvalue weighted by atomic mass is 10.3. The minimum atomic E-state index is -0.658. The molecular weight excluding hydrogens is 234 g/mol. The van der Waals surface area contributed by atoms with Crippen LogP contribution in [0.4, 0.5) is 5.69 Å². The predicted octanol–water partition coefficient (Wildman–Crippen LogP) is 1.47. The maximum Gasteiger partial charge on any atom is 0.350 e. The summed E-state index contributed by atoms with van der Waals surface area (Å²) in [6.45, 7) is 1.90. The molecule has 0 saturated heterocycles. The molecule has 6 nitrogen and oxygen atoms in total. The maximum absolute atomic E-state index is 11.3. The van der Waals surface area contributed by atoms with Gasteiger partial charge in [0.15, 0.2) is 5.57 Å². The second-order valence-electron chi connectivity index (χ2n) is 3.12. The van der Waals surface area contributed by atoms with Crippen LogP contribution in [-0.2, 0) is 9.53 Å². The van der Waals surface area contributed by atoms with Crippen LogP contribution in [0.3, 0.4) is 0 Å². The van der Waals surface area contributed by atoms with Crippen molar-refractivity contribution in [2.75, 3.05) is 19.0 Å². The molecule has 94 valence electrons. The third-order valence-electron chi connectivity index (χ3n) is 1.94. The summed E-state index contributed by atoms with van der Waals surface area (Å²) in [6.07, 6.45) is 2.80. The molecule has 0 amide bonds. The number of nitriles is 1. The molecule has 0 fully saturated rings. The molecule has 0 aliphatic rings. The van der Waals surface area contributed by atoms with E-state index in [-0.39, 0.29) is 12.2 Å². The monoisotopic (exact) mass is 247 g/mol. The van der Waals surface area contributed by atoms with Gasteiger partial charge in [0.2, 0.25) is 5.88 Å². The molecule has 6 heteroatoms. The highest BCUT2D eigenvalue weighted by Gasteiger charge is 2.08. The first-order valence-electron chi connectivity index (χ1n) is 5.25. The number of methoxy groups -OCH3 is 1. The van der Waals surface area contributed by atoms with Crippen molar-refractivity contribution in [3.8, 4) is 11.9 Å². The molecule has 0 unspecified atom stereocenters. The standard InChI is InChI=1S/C12H13N3O3/c1-3-18-12(16)9(6-13)7-14-10-4-5-11(17-2)15-8-10/h4-5,7-8,14H,3H2,1-2H3/b9-7+. The molecule has 1 N–H and O–H groups in total. The van der Waals surface area contributed by atoms with Gasteiger partial charge in [-0.3, -0.25) is 0 Å². The molecule has 0 bridgehead atoms. The number of rotatable bonds is 5. The smallest absolute Gasteiger partial charge is 0.350 e. The van der Waals surface area contributed by atoms with E-state index >= 15 is 0 Å². The zero-order chi connectivity index (χ0) is 13.4. The number of carbonyl (C=O) groups excluding carboxylic acids is 1. The van der Waals surface area contributed by atoms with E-state index in [9.17, 15) is 4.79 Å². The Morgan fingerprint density at radius 1 is 1.61 bits per heavy atom. The highest BCUT2D eigenvalue weighted by molar-refractivity contribution is 5.93. The second-order valence-corrected chi connectivity index (χ2v) is 3.12. The number of carbonyl (C=O) groups is 1. The summed E-state index contributed by atoms with van der Waals surface area (Å²) >= 11 is 0. The lowest BCUT2D eigenvalue weighted by Gasteiger charge is -2.03. The van der Waals surface area contributed by atoms with Crippen LogP contribution in [0.1, 0.15) is 6.92 Å². The number of pyridine rings is 1. The number of nitrogens with zero attached hydrogens (tertiary/aromatic N) is 2. The number of nitrogens with one attached hydrogen (secondary N) is 1. The van der Waals surface area contributed by atoms with Gasteiger partial charge in [-0.05, 0) is 13.0 Å². The van der Waals surface area contributed by atoms with Crippen molar-refractivity contribution >= 4 is 11.7 Å². The molecule has 0 aliphatic heterocycles. The van der Waals surface area contributed by atoms with Crippen molar-refractivity contribution in [3.05, 3.63) is 30.1 Å². The molecule has 0 aromatic carbocycles. The van der Waals surface area contributed by atoms with E-state index in [2.05, 4.69) is 10.3 Å². The molecule has 1 heterocycles. The fourth-order valence-electron chi connectivity index (χ4n) is 1.09. The summed E-state index contributed by atoms with van der Waals surface area (Å²) in [4.78, 5) is 15.3. The van der Waals surface area contributed by atoms with Crippen LogP contribution in [-0.4, -0.2) is 24.7 Å². The lowest BCUT2D eigenvalue weighted by molar-refractivity contribution is -0.138. The first-order chi connectivity index (χ1) is 8.71.